The number of hydrogen-bond donors (Lipinski definition) is 0. The number of likely N-dealkylation sites (tertiary alicyclic amines) is 1. The van der Waals surface area contributed by atoms with Crippen molar-refractivity contribution in [3.8, 4) is 0 Å². The summed E-state index contributed by atoms with van der Waals surface area (Å²) in [5, 5.41) is 1.57. The van der Waals surface area contributed by atoms with Gasteiger partial charge >= 0.3 is 5.97 Å². The predicted octanol–water partition coefficient (Wildman–Crippen LogP) is 3.54. The number of esters is 1. The number of furan rings is 1. The number of rotatable bonds is 5. The number of methoxy groups -OCH3 is 1. The molecule has 0 spiro atoms. The number of aromatic nitrogens is 2. The first kappa shape index (κ1) is 19.4. The van der Waals surface area contributed by atoms with Gasteiger partial charge in [0.1, 0.15) is 5.58 Å². The van der Waals surface area contributed by atoms with E-state index in [9.17, 15) is 9.59 Å². The van der Waals surface area contributed by atoms with Crippen LogP contribution in [0.5, 0.6) is 0 Å². The van der Waals surface area contributed by atoms with Gasteiger partial charge in [-0.2, -0.15) is 0 Å². The summed E-state index contributed by atoms with van der Waals surface area (Å²) in [6, 6.07) is 9.41. The Morgan fingerprint density at radius 3 is 2.62 bits per heavy atom. The number of thioether (sulfide) groups is 1. The highest BCUT2D eigenvalue weighted by Crippen LogP contribution is 2.32. The number of carbonyl (C=O) groups excluding carboxylic acids is 2. The van der Waals surface area contributed by atoms with Crippen LogP contribution in [0.2, 0.25) is 0 Å². The quantitative estimate of drug-likeness (QED) is 0.361. The van der Waals surface area contributed by atoms with E-state index >= 15 is 0 Å². The maximum absolute atomic E-state index is 13.2. The van der Waals surface area contributed by atoms with E-state index < -0.39 is 0 Å². The number of hydrogen-bond acceptors (Lipinski definition) is 7. The Hall–Kier alpha value is -2.87. The van der Waals surface area contributed by atoms with E-state index in [1.165, 1.54) is 18.9 Å². The first-order chi connectivity index (χ1) is 14.2. The summed E-state index contributed by atoms with van der Waals surface area (Å²) in [5.41, 5.74) is 1.53. The van der Waals surface area contributed by atoms with Gasteiger partial charge in [-0.3, -0.25) is 9.59 Å². The molecule has 0 radical (unpaired) electrons. The maximum atomic E-state index is 13.2. The van der Waals surface area contributed by atoms with E-state index in [0.29, 0.717) is 48.2 Å². The molecule has 0 saturated carbocycles. The number of piperidine rings is 1. The summed E-state index contributed by atoms with van der Waals surface area (Å²) in [5.74, 6) is 0.381. The van der Waals surface area contributed by atoms with Gasteiger partial charge in [0.05, 0.1) is 13.0 Å². The fourth-order valence-electron chi connectivity index (χ4n) is 3.54. The van der Waals surface area contributed by atoms with Crippen LogP contribution in [-0.2, 0) is 15.3 Å². The largest absolute Gasteiger partial charge is 0.469 e. The molecular formula is C21H21N3O4S. The molecule has 0 unspecified atom stereocenters. The highest BCUT2D eigenvalue weighted by Gasteiger charge is 2.31. The van der Waals surface area contributed by atoms with E-state index in [2.05, 4.69) is 9.97 Å². The number of para-hydroxylation sites is 1. The number of fused-ring (bicyclic) bond motifs is 1. The van der Waals surface area contributed by atoms with Crippen LogP contribution in [0.25, 0.3) is 11.0 Å². The highest BCUT2D eigenvalue weighted by atomic mass is 32.2. The van der Waals surface area contributed by atoms with Crippen LogP contribution in [0, 0.1) is 5.92 Å². The molecule has 7 nitrogen and oxygen atoms in total. The first-order valence-electron chi connectivity index (χ1n) is 9.44. The van der Waals surface area contributed by atoms with Crippen molar-refractivity contribution >= 4 is 34.6 Å². The molecule has 1 aliphatic rings. The number of carbonyl (C=O) groups is 2. The van der Waals surface area contributed by atoms with Crippen molar-refractivity contribution in [2.24, 2.45) is 5.92 Å². The van der Waals surface area contributed by atoms with Crippen molar-refractivity contribution in [3.05, 3.63) is 54.0 Å². The fraction of sp³-hybridized carbons (Fsp3) is 0.333. The van der Waals surface area contributed by atoms with Crippen molar-refractivity contribution in [1.29, 1.82) is 0 Å². The van der Waals surface area contributed by atoms with Crippen LogP contribution in [0.3, 0.4) is 0 Å². The Kier molecular flexibility index (Phi) is 5.80. The minimum absolute atomic E-state index is 0.144. The van der Waals surface area contributed by atoms with Gasteiger partial charge in [0.15, 0.2) is 10.9 Å². The molecule has 1 aliphatic heterocycles. The van der Waals surface area contributed by atoms with E-state index in [1.54, 1.807) is 23.4 Å². The third-order valence-corrected chi connectivity index (χ3v) is 6.00. The number of ether oxygens (including phenoxy) is 1. The summed E-state index contributed by atoms with van der Waals surface area (Å²) in [6.07, 6.45) is 4.59. The van der Waals surface area contributed by atoms with Gasteiger partial charge in [0, 0.05) is 42.2 Å². The van der Waals surface area contributed by atoms with E-state index in [-0.39, 0.29) is 17.8 Å². The standard InChI is InChI=1S/C21H21N3O4S/c1-27-20(26)14-7-11-24(12-8-14)19(25)18-16(13-29-21-22-9-4-10-23-21)15-5-2-3-6-17(15)28-18/h2-6,9-10,14H,7-8,11-13H2,1H3. The van der Waals surface area contributed by atoms with Crippen LogP contribution < -0.4 is 0 Å². The van der Waals surface area contributed by atoms with Crippen molar-refractivity contribution in [2.45, 2.75) is 23.8 Å². The van der Waals surface area contributed by atoms with Gasteiger partial charge < -0.3 is 14.1 Å². The Labute approximate surface area is 172 Å². The zero-order chi connectivity index (χ0) is 20.2. The molecule has 1 amide bonds. The van der Waals surface area contributed by atoms with Crippen LogP contribution in [-0.4, -0.2) is 46.9 Å². The molecule has 3 heterocycles. The smallest absolute Gasteiger partial charge is 0.308 e. The zero-order valence-corrected chi connectivity index (χ0v) is 16.9. The second kappa shape index (κ2) is 8.65. The minimum Gasteiger partial charge on any atom is -0.469 e. The molecule has 2 aromatic heterocycles. The van der Waals surface area contributed by atoms with E-state index in [4.69, 9.17) is 9.15 Å². The molecule has 0 N–H and O–H groups in total. The number of amides is 1. The van der Waals surface area contributed by atoms with Crippen LogP contribution >= 0.6 is 11.8 Å². The average molecular weight is 411 g/mol. The van der Waals surface area contributed by atoms with Crippen molar-refractivity contribution < 1.29 is 18.7 Å². The monoisotopic (exact) mass is 411 g/mol. The third-order valence-electron chi connectivity index (χ3n) is 5.10. The molecule has 1 saturated heterocycles. The molecule has 0 aliphatic carbocycles. The van der Waals surface area contributed by atoms with Crippen molar-refractivity contribution in [2.75, 3.05) is 20.2 Å². The lowest BCUT2D eigenvalue weighted by molar-refractivity contribution is -0.146. The number of benzene rings is 1. The SMILES string of the molecule is COC(=O)C1CCN(C(=O)c2oc3ccccc3c2CSc2ncccn2)CC1. The van der Waals surface area contributed by atoms with Gasteiger partial charge in [0.2, 0.25) is 0 Å². The second-order valence-corrected chi connectivity index (χ2v) is 7.76. The lowest BCUT2D eigenvalue weighted by Gasteiger charge is -2.30. The van der Waals surface area contributed by atoms with Crippen LogP contribution in [0.4, 0.5) is 0 Å². The summed E-state index contributed by atoms with van der Waals surface area (Å²) < 4.78 is 10.8. The van der Waals surface area contributed by atoms with Gasteiger partial charge in [-0.15, -0.1) is 0 Å². The highest BCUT2D eigenvalue weighted by molar-refractivity contribution is 7.98. The molecule has 0 atom stereocenters. The summed E-state index contributed by atoms with van der Waals surface area (Å²) in [4.78, 5) is 35.2. The first-order valence-corrected chi connectivity index (χ1v) is 10.4. The minimum atomic E-state index is -0.208. The van der Waals surface area contributed by atoms with Crippen molar-refractivity contribution in [1.82, 2.24) is 14.9 Å². The molecule has 0 bridgehead atoms. The van der Waals surface area contributed by atoms with Crippen LogP contribution in [0.1, 0.15) is 29.0 Å². The fourth-order valence-corrected chi connectivity index (χ4v) is 4.37. The Bertz CT molecular complexity index is 1010. The molecule has 8 heteroatoms. The third kappa shape index (κ3) is 4.12. The Morgan fingerprint density at radius 1 is 1.17 bits per heavy atom. The Morgan fingerprint density at radius 2 is 1.90 bits per heavy atom. The van der Waals surface area contributed by atoms with E-state index in [1.807, 2.05) is 24.3 Å². The van der Waals surface area contributed by atoms with Gasteiger partial charge in [0.25, 0.3) is 5.91 Å². The summed E-state index contributed by atoms with van der Waals surface area (Å²) in [7, 11) is 1.40. The molecule has 150 valence electrons. The average Bonchev–Trinajstić information content (AvgIpc) is 3.16. The van der Waals surface area contributed by atoms with Gasteiger partial charge in [-0.05, 0) is 25.0 Å². The van der Waals surface area contributed by atoms with Crippen molar-refractivity contribution in [3.63, 3.8) is 0 Å². The zero-order valence-electron chi connectivity index (χ0n) is 16.0. The molecular weight excluding hydrogens is 390 g/mol. The Balaban J connectivity index is 1.56. The maximum Gasteiger partial charge on any atom is 0.308 e. The lowest BCUT2D eigenvalue weighted by atomic mass is 9.96. The lowest BCUT2D eigenvalue weighted by Crippen LogP contribution is -2.40. The second-order valence-electron chi connectivity index (χ2n) is 6.82. The molecule has 3 aromatic rings. The molecule has 1 fully saturated rings. The molecule has 1 aromatic carbocycles. The molecule has 29 heavy (non-hydrogen) atoms. The van der Waals surface area contributed by atoms with Gasteiger partial charge in [-0.1, -0.05) is 30.0 Å². The van der Waals surface area contributed by atoms with E-state index in [0.717, 1.165) is 10.9 Å². The summed E-state index contributed by atoms with van der Waals surface area (Å²) in [6.45, 7) is 1.01. The molecule has 4 rings (SSSR count). The normalized spacial score (nSPS) is 14.9. The van der Waals surface area contributed by atoms with Crippen LogP contribution in [0.15, 0.2) is 52.3 Å². The van der Waals surface area contributed by atoms with Gasteiger partial charge in [-0.25, -0.2) is 9.97 Å². The number of nitrogens with zero attached hydrogens (tertiary/aromatic N) is 3. The topological polar surface area (TPSA) is 85.5 Å². The summed E-state index contributed by atoms with van der Waals surface area (Å²) >= 11 is 1.46. The predicted molar refractivity (Wildman–Crippen MR) is 108 cm³/mol.